The van der Waals surface area contributed by atoms with Crippen LogP contribution in [0.1, 0.15) is 0 Å². The highest BCUT2D eigenvalue weighted by atomic mass is 16.5. The van der Waals surface area contributed by atoms with Gasteiger partial charge < -0.3 is 9.64 Å². The lowest BCUT2D eigenvalue weighted by Gasteiger charge is -2.26. The standard InChI is InChI=1S/C58H39NO/c1-4-12-40(13-5-1)42-20-22-44(23-21-42)45-28-31-51(32-29-45)59(50-18-8-3-9-19-50)52-33-35-54-56-37-48-17-11-10-16-47(48)36-55(56)53-34-30-49(38-57(53)60-58(54)39-52)46-26-24-43(25-27-46)41-14-6-2-7-15-41/h1-39H. The largest absolute Gasteiger partial charge is 0.456 e. The molecule has 0 bridgehead atoms. The Morgan fingerprint density at radius 1 is 0.233 bits per heavy atom. The van der Waals surface area contributed by atoms with Crippen molar-refractivity contribution in [2.75, 3.05) is 4.90 Å². The Bertz CT molecular complexity index is 3120. The molecule has 0 aliphatic carbocycles. The van der Waals surface area contributed by atoms with Gasteiger partial charge in [0, 0.05) is 34.3 Å². The van der Waals surface area contributed by atoms with E-state index < -0.39 is 0 Å². The fraction of sp³-hybridized carbons (Fsp3) is 0. The Labute approximate surface area is 350 Å². The Morgan fingerprint density at radius 3 is 1.10 bits per heavy atom. The first-order valence-corrected chi connectivity index (χ1v) is 20.5. The van der Waals surface area contributed by atoms with Gasteiger partial charge in [0.25, 0.3) is 0 Å². The second-order valence-corrected chi connectivity index (χ2v) is 15.3. The molecular formula is C58H39NO. The Kier molecular flexibility index (Phi) is 8.87. The Morgan fingerprint density at radius 2 is 0.583 bits per heavy atom. The molecule has 11 rings (SSSR count). The lowest BCUT2D eigenvalue weighted by molar-refractivity contribution is 0.488. The van der Waals surface area contributed by atoms with Gasteiger partial charge in [-0.25, -0.2) is 0 Å². The molecule has 1 aliphatic rings. The van der Waals surface area contributed by atoms with Gasteiger partial charge in [-0.15, -0.1) is 0 Å². The van der Waals surface area contributed by atoms with E-state index in [1.165, 1.54) is 44.2 Å². The minimum Gasteiger partial charge on any atom is -0.456 e. The van der Waals surface area contributed by atoms with Gasteiger partial charge in [0.05, 0.1) is 0 Å². The Hall–Kier alpha value is -7.94. The summed E-state index contributed by atoms with van der Waals surface area (Å²) in [5.74, 6) is 1.65. The predicted molar refractivity (Wildman–Crippen MR) is 251 cm³/mol. The predicted octanol–water partition coefficient (Wildman–Crippen LogP) is 16.4. The average molecular weight is 766 g/mol. The van der Waals surface area contributed by atoms with Crippen LogP contribution in [0, 0.1) is 0 Å². The molecule has 2 heteroatoms. The van der Waals surface area contributed by atoms with Crippen molar-refractivity contribution in [3.05, 3.63) is 237 Å². The summed E-state index contributed by atoms with van der Waals surface area (Å²) in [6.07, 6.45) is 0. The number of fused-ring (bicyclic) bond motifs is 6. The number of ether oxygens (including phenoxy) is 1. The SMILES string of the molecule is c1ccc(-c2ccc(-c3ccc(N(c4ccccc4)c4ccc5c(c4)Oc4cc(-c6ccc(-c7ccccc7)cc6)ccc4-c4cc6ccccc6cc4-5)cc3)cc2)cc1. The van der Waals surface area contributed by atoms with Crippen molar-refractivity contribution in [1.29, 1.82) is 0 Å². The monoisotopic (exact) mass is 765 g/mol. The molecule has 0 spiro atoms. The zero-order chi connectivity index (χ0) is 39.8. The normalized spacial score (nSPS) is 11.5. The molecule has 10 aromatic carbocycles. The molecule has 1 heterocycles. The lowest BCUT2D eigenvalue weighted by atomic mass is 9.90. The summed E-state index contributed by atoms with van der Waals surface area (Å²) >= 11 is 0. The molecule has 0 aromatic heterocycles. The number of benzene rings is 10. The van der Waals surface area contributed by atoms with Crippen LogP contribution >= 0.6 is 0 Å². The summed E-state index contributed by atoms with van der Waals surface area (Å²) in [6, 6.07) is 84.7. The Balaban J connectivity index is 0.995. The molecule has 0 unspecified atom stereocenters. The summed E-state index contributed by atoms with van der Waals surface area (Å²) in [5, 5.41) is 2.40. The minimum atomic E-state index is 0.815. The molecule has 10 aromatic rings. The van der Waals surface area contributed by atoms with E-state index in [1.54, 1.807) is 0 Å². The van der Waals surface area contributed by atoms with Crippen molar-refractivity contribution in [2.24, 2.45) is 0 Å². The molecule has 2 nitrogen and oxygen atoms in total. The summed E-state index contributed by atoms with van der Waals surface area (Å²) in [6.45, 7) is 0. The third kappa shape index (κ3) is 6.61. The minimum absolute atomic E-state index is 0.815. The van der Waals surface area contributed by atoms with Crippen LogP contribution in [0.5, 0.6) is 11.5 Å². The molecule has 0 N–H and O–H groups in total. The molecule has 0 atom stereocenters. The topological polar surface area (TPSA) is 12.5 Å². The van der Waals surface area contributed by atoms with Crippen LogP contribution in [0.2, 0.25) is 0 Å². The van der Waals surface area contributed by atoms with E-state index in [4.69, 9.17) is 4.74 Å². The molecule has 0 amide bonds. The third-order valence-corrected chi connectivity index (χ3v) is 11.7. The van der Waals surface area contributed by atoms with E-state index in [0.717, 1.165) is 61.9 Å². The van der Waals surface area contributed by atoms with E-state index in [0.29, 0.717) is 0 Å². The highest BCUT2D eigenvalue weighted by Gasteiger charge is 2.24. The van der Waals surface area contributed by atoms with Crippen LogP contribution in [-0.4, -0.2) is 0 Å². The first kappa shape index (κ1) is 35.2. The number of nitrogens with zero attached hydrogens (tertiary/aromatic N) is 1. The van der Waals surface area contributed by atoms with Crippen LogP contribution in [0.4, 0.5) is 17.1 Å². The van der Waals surface area contributed by atoms with Crippen LogP contribution < -0.4 is 9.64 Å². The number of hydrogen-bond donors (Lipinski definition) is 0. The van der Waals surface area contributed by atoms with E-state index in [-0.39, 0.29) is 0 Å². The lowest BCUT2D eigenvalue weighted by Crippen LogP contribution is -2.10. The number of rotatable bonds is 7. The van der Waals surface area contributed by atoms with Crippen LogP contribution in [0.25, 0.3) is 77.5 Å². The zero-order valence-electron chi connectivity index (χ0n) is 32.9. The first-order chi connectivity index (χ1) is 29.7. The summed E-state index contributed by atoms with van der Waals surface area (Å²) in [4.78, 5) is 2.31. The highest BCUT2D eigenvalue weighted by molar-refractivity contribution is 6.00. The summed E-state index contributed by atoms with van der Waals surface area (Å²) in [7, 11) is 0. The van der Waals surface area contributed by atoms with E-state index in [2.05, 4.69) is 241 Å². The van der Waals surface area contributed by atoms with Crippen LogP contribution in [0.15, 0.2) is 237 Å². The maximum Gasteiger partial charge on any atom is 0.137 e. The molecule has 60 heavy (non-hydrogen) atoms. The van der Waals surface area contributed by atoms with Gasteiger partial charge in [0.1, 0.15) is 11.5 Å². The van der Waals surface area contributed by atoms with Crippen molar-refractivity contribution in [3.63, 3.8) is 0 Å². The van der Waals surface area contributed by atoms with Gasteiger partial charge in [0.2, 0.25) is 0 Å². The second-order valence-electron chi connectivity index (χ2n) is 15.3. The molecule has 0 radical (unpaired) electrons. The number of anilines is 3. The fourth-order valence-electron chi connectivity index (χ4n) is 8.57. The van der Waals surface area contributed by atoms with Gasteiger partial charge in [-0.3, -0.25) is 0 Å². The van der Waals surface area contributed by atoms with Crippen molar-refractivity contribution < 1.29 is 4.74 Å². The van der Waals surface area contributed by atoms with E-state index in [9.17, 15) is 0 Å². The number of hydrogen-bond acceptors (Lipinski definition) is 2. The first-order valence-electron chi connectivity index (χ1n) is 20.5. The van der Waals surface area contributed by atoms with Gasteiger partial charge in [-0.2, -0.15) is 0 Å². The van der Waals surface area contributed by atoms with Crippen molar-refractivity contribution in [2.45, 2.75) is 0 Å². The van der Waals surface area contributed by atoms with Crippen LogP contribution in [0.3, 0.4) is 0 Å². The fourth-order valence-corrected chi connectivity index (χ4v) is 8.57. The summed E-state index contributed by atoms with van der Waals surface area (Å²) in [5.41, 5.74) is 17.0. The zero-order valence-corrected chi connectivity index (χ0v) is 32.9. The molecule has 0 fully saturated rings. The van der Waals surface area contributed by atoms with Gasteiger partial charge in [-0.1, -0.05) is 170 Å². The molecule has 282 valence electrons. The molecule has 1 aliphatic heterocycles. The van der Waals surface area contributed by atoms with Crippen molar-refractivity contribution in [1.82, 2.24) is 0 Å². The quantitative estimate of drug-likeness (QED) is 0.160. The maximum absolute atomic E-state index is 7.12. The van der Waals surface area contributed by atoms with Crippen molar-refractivity contribution in [3.8, 4) is 78.3 Å². The van der Waals surface area contributed by atoms with Crippen molar-refractivity contribution >= 4 is 27.8 Å². The van der Waals surface area contributed by atoms with Gasteiger partial charge in [0.15, 0.2) is 0 Å². The summed E-state index contributed by atoms with van der Waals surface area (Å²) < 4.78 is 7.12. The second kappa shape index (κ2) is 15.1. The molecular weight excluding hydrogens is 727 g/mol. The highest BCUT2D eigenvalue weighted by Crippen LogP contribution is 2.51. The molecule has 0 saturated carbocycles. The molecule has 0 saturated heterocycles. The maximum atomic E-state index is 7.12. The number of para-hydroxylation sites is 1. The van der Waals surface area contributed by atoms with Gasteiger partial charge >= 0.3 is 0 Å². The van der Waals surface area contributed by atoms with Gasteiger partial charge in [-0.05, 0) is 127 Å². The third-order valence-electron chi connectivity index (χ3n) is 11.7. The van der Waals surface area contributed by atoms with E-state index in [1.807, 2.05) is 0 Å². The van der Waals surface area contributed by atoms with E-state index >= 15 is 0 Å². The van der Waals surface area contributed by atoms with Crippen LogP contribution in [-0.2, 0) is 0 Å². The average Bonchev–Trinajstić information content (AvgIpc) is 3.45. The smallest absolute Gasteiger partial charge is 0.137 e.